The predicted octanol–water partition coefficient (Wildman–Crippen LogP) is 1.72. The van der Waals surface area contributed by atoms with Crippen LogP contribution in [0.25, 0.3) is 0 Å². The lowest BCUT2D eigenvalue weighted by Gasteiger charge is -2.17. The zero-order valence-corrected chi connectivity index (χ0v) is 12.2. The molecule has 1 atom stereocenters. The van der Waals surface area contributed by atoms with E-state index in [0.29, 0.717) is 25.6 Å². The molecule has 1 heterocycles. The van der Waals surface area contributed by atoms with Crippen molar-refractivity contribution in [3.63, 3.8) is 0 Å². The second-order valence-corrected chi connectivity index (χ2v) is 5.62. The summed E-state index contributed by atoms with van der Waals surface area (Å²) in [7, 11) is 0. The normalized spacial score (nSPS) is 21.5. The van der Waals surface area contributed by atoms with E-state index in [1.165, 1.54) is 0 Å². The van der Waals surface area contributed by atoms with Crippen molar-refractivity contribution >= 4 is 17.5 Å². The predicted molar refractivity (Wildman–Crippen MR) is 79.2 cm³/mol. The third-order valence-electron chi connectivity index (χ3n) is 3.88. The van der Waals surface area contributed by atoms with Crippen LogP contribution in [0, 0.1) is 5.92 Å². The van der Waals surface area contributed by atoms with Gasteiger partial charge in [-0.05, 0) is 44.0 Å². The lowest BCUT2D eigenvalue weighted by atomic mass is 10.1. The summed E-state index contributed by atoms with van der Waals surface area (Å²) in [6.07, 6.45) is 2.43. The van der Waals surface area contributed by atoms with E-state index in [4.69, 9.17) is 4.74 Å². The molecular weight excluding hydrogens is 268 g/mol. The number of carbonyl (C=O) groups excluding carboxylic acids is 2. The molecule has 2 amide bonds. The fraction of sp³-hybridized carbons (Fsp3) is 0.500. The molecule has 1 unspecified atom stereocenters. The third kappa shape index (κ3) is 3.17. The van der Waals surface area contributed by atoms with E-state index in [1.54, 1.807) is 4.90 Å². The van der Waals surface area contributed by atoms with Crippen molar-refractivity contribution in [1.29, 1.82) is 0 Å². The number of ether oxygens (including phenoxy) is 1. The smallest absolute Gasteiger partial charge is 0.227 e. The first-order valence-corrected chi connectivity index (χ1v) is 7.51. The molecule has 2 fully saturated rings. The molecule has 1 saturated carbocycles. The van der Waals surface area contributed by atoms with E-state index >= 15 is 0 Å². The second-order valence-electron chi connectivity index (χ2n) is 5.62. The molecule has 0 radical (unpaired) electrons. The van der Waals surface area contributed by atoms with Crippen LogP contribution >= 0.6 is 0 Å². The van der Waals surface area contributed by atoms with E-state index < -0.39 is 0 Å². The van der Waals surface area contributed by atoms with Crippen molar-refractivity contribution in [1.82, 2.24) is 5.32 Å². The van der Waals surface area contributed by atoms with E-state index in [0.717, 1.165) is 24.3 Å². The van der Waals surface area contributed by atoms with Gasteiger partial charge in [0.25, 0.3) is 0 Å². The maximum absolute atomic E-state index is 12.1. The van der Waals surface area contributed by atoms with Crippen LogP contribution < -0.4 is 15.0 Å². The van der Waals surface area contributed by atoms with Crippen molar-refractivity contribution in [2.45, 2.75) is 32.2 Å². The summed E-state index contributed by atoms with van der Waals surface area (Å²) in [5, 5.41) is 2.98. The largest absolute Gasteiger partial charge is 0.494 e. The first-order valence-electron chi connectivity index (χ1n) is 7.51. The minimum absolute atomic E-state index is 0.00936. The molecule has 1 saturated heterocycles. The number of nitrogens with zero attached hydrogens (tertiary/aromatic N) is 1. The number of carbonyl (C=O) groups is 2. The van der Waals surface area contributed by atoms with Gasteiger partial charge in [-0.15, -0.1) is 0 Å². The van der Waals surface area contributed by atoms with Gasteiger partial charge in [0.05, 0.1) is 12.5 Å². The van der Waals surface area contributed by atoms with Crippen molar-refractivity contribution in [2.75, 3.05) is 18.1 Å². The SMILES string of the molecule is CCOc1ccc(N2CC(C(=O)NC3CC3)CC2=O)cc1. The molecule has 5 nitrogen and oxygen atoms in total. The van der Waals surface area contributed by atoms with Crippen LogP contribution in [-0.2, 0) is 9.59 Å². The number of benzene rings is 1. The molecule has 1 aromatic carbocycles. The van der Waals surface area contributed by atoms with Gasteiger partial charge in [-0.25, -0.2) is 0 Å². The van der Waals surface area contributed by atoms with E-state index in [2.05, 4.69) is 5.32 Å². The average Bonchev–Trinajstić information content (AvgIpc) is 3.20. The van der Waals surface area contributed by atoms with Crippen LogP contribution in [0.15, 0.2) is 24.3 Å². The van der Waals surface area contributed by atoms with E-state index in [-0.39, 0.29) is 17.7 Å². The highest BCUT2D eigenvalue weighted by Crippen LogP contribution is 2.28. The summed E-state index contributed by atoms with van der Waals surface area (Å²) in [5.41, 5.74) is 0.824. The van der Waals surface area contributed by atoms with Crippen molar-refractivity contribution in [2.24, 2.45) is 5.92 Å². The van der Waals surface area contributed by atoms with Gasteiger partial charge in [0.2, 0.25) is 11.8 Å². The Morgan fingerprint density at radius 3 is 2.67 bits per heavy atom. The highest BCUT2D eigenvalue weighted by atomic mass is 16.5. The minimum atomic E-state index is -0.232. The molecule has 1 aromatic rings. The fourth-order valence-electron chi connectivity index (χ4n) is 2.57. The quantitative estimate of drug-likeness (QED) is 0.897. The molecule has 2 aliphatic rings. The Hall–Kier alpha value is -2.04. The summed E-state index contributed by atoms with van der Waals surface area (Å²) in [4.78, 5) is 25.9. The maximum atomic E-state index is 12.1. The zero-order valence-electron chi connectivity index (χ0n) is 12.2. The number of rotatable bonds is 5. The zero-order chi connectivity index (χ0) is 14.8. The molecule has 112 valence electrons. The summed E-state index contributed by atoms with van der Waals surface area (Å²) in [6, 6.07) is 7.77. The highest BCUT2D eigenvalue weighted by molar-refractivity contribution is 6.00. The van der Waals surface area contributed by atoms with Gasteiger partial charge in [-0.3, -0.25) is 9.59 Å². The third-order valence-corrected chi connectivity index (χ3v) is 3.88. The first-order chi connectivity index (χ1) is 10.2. The Labute approximate surface area is 124 Å². The topological polar surface area (TPSA) is 58.6 Å². The number of hydrogen-bond donors (Lipinski definition) is 1. The van der Waals surface area contributed by atoms with E-state index in [1.807, 2.05) is 31.2 Å². The van der Waals surface area contributed by atoms with Gasteiger partial charge in [-0.2, -0.15) is 0 Å². The van der Waals surface area contributed by atoms with Gasteiger partial charge < -0.3 is 15.0 Å². The summed E-state index contributed by atoms with van der Waals surface area (Å²) in [6.45, 7) is 3.01. The van der Waals surface area contributed by atoms with Crippen LogP contribution in [0.3, 0.4) is 0 Å². The van der Waals surface area contributed by atoms with Crippen LogP contribution in [0.1, 0.15) is 26.2 Å². The number of amides is 2. The van der Waals surface area contributed by atoms with Gasteiger partial charge in [0.1, 0.15) is 5.75 Å². The van der Waals surface area contributed by atoms with Crippen LogP contribution in [0.2, 0.25) is 0 Å². The van der Waals surface area contributed by atoms with Crippen LogP contribution in [-0.4, -0.2) is 31.0 Å². The Morgan fingerprint density at radius 1 is 1.33 bits per heavy atom. The Bertz CT molecular complexity index is 537. The van der Waals surface area contributed by atoms with E-state index in [9.17, 15) is 9.59 Å². The summed E-state index contributed by atoms with van der Waals surface area (Å²) in [5.74, 6) is 0.579. The molecule has 0 aromatic heterocycles. The average molecular weight is 288 g/mol. The molecule has 0 spiro atoms. The molecule has 1 aliphatic carbocycles. The summed E-state index contributed by atoms with van der Waals surface area (Å²) >= 11 is 0. The monoisotopic (exact) mass is 288 g/mol. The number of hydrogen-bond acceptors (Lipinski definition) is 3. The van der Waals surface area contributed by atoms with Gasteiger partial charge >= 0.3 is 0 Å². The summed E-state index contributed by atoms with van der Waals surface area (Å²) < 4.78 is 5.39. The van der Waals surface area contributed by atoms with Crippen LogP contribution in [0.5, 0.6) is 5.75 Å². The lowest BCUT2D eigenvalue weighted by Crippen LogP contribution is -2.34. The minimum Gasteiger partial charge on any atom is -0.494 e. The van der Waals surface area contributed by atoms with Gasteiger partial charge in [-0.1, -0.05) is 0 Å². The maximum Gasteiger partial charge on any atom is 0.227 e. The first kappa shape index (κ1) is 13.9. The molecular formula is C16H20N2O3. The Balaban J connectivity index is 1.64. The molecule has 0 bridgehead atoms. The Kier molecular flexibility index (Phi) is 3.82. The second kappa shape index (κ2) is 5.76. The lowest BCUT2D eigenvalue weighted by molar-refractivity contribution is -0.126. The number of anilines is 1. The molecule has 5 heteroatoms. The molecule has 1 N–H and O–H groups in total. The molecule has 21 heavy (non-hydrogen) atoms. The highest BCUT2D eigenvalue weighted by Gasteiger charge is 2.37. The van der Waals surface area contributed by atoms with Gasteiger partial charge in [0, 0.05) is 24.7 Å². The van der Waals surface area contributed by atoms with Crippen molar-refractivity contribution in [3.05, 3.63) is 24.3 Å². The molecule has 1 aliphatic heterocycles. The number of nitrogens with one attached hydrogen (secondary N) is 1. The van der Waals surface area contributed by atoms with Gasteiger partial charge in [0.15, 0.2) is 0 Å². The standard InChI is InChI=1S/C16H20N2O3/c1-2-21-14-7-5-13(6-8-14)18-10-11(9-15(18)19)16(20)17-12-3-4-12/h5-8,11-12H,2-4,9-10H2,1H3,(H,17,20). The van der Waals surface area contributed by atoms with Crippen LogP contribution in [0.4, 0.5) is 5.69 Å². The van der Waals surface area contributed by atoms with Crippen molar-refractivity contribution in [3.8, 4) is 5.75 Å². The fourth-order valence-corrected chi connectivity index (χ4v) is 2.57. The van der Waals surface area contributed by atoms with Crippen molar-refractivity contribution < 1.29 is 14.3 Å². The molecule has 3 rings (SSSR count). The Morgan fingerprint density at radius 2 is 2.05 bits per heavy atom.